The number of fused-ring (bicyclic) bond motifs is 5. The SMILES string of the molecule is [2H]C1(c2ccc(-c3ccnc(-c4[c-]ccc5c4oc4c6ccccc6ccc54)c3)cc2)CCCCC1.[Ir].[c-]1ccccc1-c1ccccn1. The number of furan rings is 1. The van der Waals surface area contributed by atoms with Crippen LogP contribution in [-0.2, 0) is 20.1 Å². The fourth-order valence-corrected chi connectivity index (χ4v) is 6.65. The van der Waals surface area contributed by atoms with E-state index in [-0.39, 0.29) is 20.1 Å². The number of hydrogen-bond donors (Lipinski definition) is 0. The van der Waals surface area contributed by atoms with Gasteiger partial charge in [0, 0.05) is 44.6 Å². The zero-order valence-electron chi connectivity index (χ0n) is 27.5. The van der Waals surface area contributed by atoms with Crippen molar-refractivity contribution in [2.75, 3.05) is 0 Å². The molecule has 1 saturated carbocycles. The van der Waals surface area contributed by atoms with Crippen LogP contribution in [0, 0.1) is 12.1 Å². The number of pyridine rings is 2. The molecule has 9 rings (SSSR count). The molecule has 0 saturated heterocycles. The first kappa shape index (κ1) is 30.4. The van der Waals surface area contributed by atoms with Crippen molar-refractivity contribution in [3.8, 4) is 33.6 Å². The van der Waals surface area contributed by atoms with Crippen LogP contribution in [-0.4, -0.2) is 9.97 Å². The summed E-state index contributed by atoms with van der Waals surface area (Å²) in [5, 5.41) is 4.47. The van der Waals surface area contributed by atoms with Gasteiger partial charge in [-0.25, -0.2) is 0 Å². The average Bonchev–Trinajstić information content (AvgIpc) is 3.56. The van der Waals surface area contributed by atoms with Gasteiger partial charge in [-0.05, 0) is 64.3 Å². The molecule has 0 spiro atoms. The van der Waals surface area contributed by atoms with Crippen molar-refractivity contribution in [3.05, 3.63) is 157 Å². The van der Waals surface area contributed by atoms with Crippen molar-refractivity contribution in [2.24, 2.45) is 0 Å². The van der Waals surface area contributed by atoms with Gasteiger partial charge < -0.3 is 14.4 Å². The van der Waals surface area contributed by atoms with Crippen molar-refractivity contribution >= 4 is 32.7 Å². The van der Waals surface area contributed by atoms with Crippen molar-refractivity contribution in [1.29, 1.82) is 0 Å². The molecule has 3 heterocycles. The summed E-state index contributed by atoms with van der Waals surface area (Å²) in [4.78, 5) is 8.92. The fourth-order valence-electron chi connectivity index (χ4n) is 6.65. The molecule has 0 bridgehead atoms. The fraction of sp³-hybridized carbons (Fsp3) is 0.136. The Labute approximate surface area is 296 Å². The summed E-state index contributed by atoms with van der Waals surface area (Å²) < 4.78 is 15.4. The molecule has 0 aliphatic heterocycles. The van der Waals surface area contributed by atoms with Gasteiger partial charge in [0.05, 0.1) is 5.58 Å². The van der Waals surface area contributed by atoms with E-state index in [9.17, 15) is 0 Å². The standard InChI is InChI=1S/C33H26NO.C11H8N.Ir/c1-2-7-22(8-3-1)23-13-15-24(16-14-23)26-19-20-34-31(21-26)30-12-6-11-28-29-18-17-25-9-4-5-10-27(25)32(29)35-33(28)30;1-2-6-10(7-3-1)11-8-4-5-9-12-11;/h4-6,9-11,13-22H,1-3,7-8H2;1-6,8-9H;/q2*-1;/i22D;;. The minimum absolute atomic E-state index is 0. The van der Waals surface area contributed by atoms with Crippen LogP contribution in [0.1, 0.15) is 44.9 Å². The summed E-state index contributed by atoms with van der Waals surface area (Å²) >= 11 is 0. The van der Waals surface area contributed by atoms with Gasteiger partial charge in [-0.3, -0.25) is 0 Å². The van der Waals surface area contributed by atoms with E-state index in [4.69, 9.17) is 10.8 Å². The molecule has 3 nitrogen and oxygen atoms in total. The quantitative estimate of drug-likeness (QED) is 0.166. The van der Waals surface area contributed by atoms with Gasteiger partial charge in [0.2, 0.25) is 0 Å². The van der Waals surface area contributed by atoms with E-state index in [0.29, 0.717) is 0 Å². The summed E-state index contributed by atoms with van der Waals surface area (Å²) in [5.74, 6) is -0.434. The molecule has 0 N–H and O–H groups in total. The molecular formula is C44H34IrN2O-2. The largest absolute Gasteiger partial charge is 0.500 e. The third kappa shape index (κ3) is 6.47. The Morgan fingerprint density at radius 2 is 1.40 bits per heavy atom. The van der Waals surface area contributed by atoms with Gasteiger partial charge in [-0.1, -0.05) is 109 Å². The van der Waals surface area contributed by atoms with Crippen LogP contribution < -0.4 is 0 Å². The number of rotatable bonds is 4. The predicted octanol–water partition coefficient (Wildman–Crippen LogP) is 11.9. The summed E-state index contributed by atoms with van der Waals surface area (Å²) in [6.07, 6.45) is 9.12. The average molecular weight is 800 g/mol. The molecule has 237 valence electrons. The Morgan fingerprint density at radius 1 is 0.604 bits per heavy atom. The molecule has 1 fully saturated rings. The van der Waals surface area contributed by atoms with Gasteiger partial charge in [-0.15, -0.1) is 54.1 Å². The zero-order valence-corrected chi connectivity index (χ0v) is 28.8. The van der Waals surface area contributed by atoms with Crippen molar-refractivity contribution in [1.82, 2.24) is 9.97 Å². The van der Waals surface area contributed by atoms with E-state index in [1.807, 2.05) is 60.8 Å². The maximum Gasteiger partial charge on any atom is 0.128 e. The van der Waals surface area contributed by atoms with E-state index in [2.05, 4.69) is 89.9 Å². The van der Waals surface area contributed by atoms with Crippen molar-refractivity contribution in [3.63, 3.8) is 0 Å². The van der Waals surface area contributed by atoms with Crippen LogP contribution in [0.4, 0.5) is 0 Å². The molecule has 5 aromatic carbocycles. The molecule has 0 unspecified atom stereocenters. The maximum absolute atomic E-state index is 8.93. The molecule has 1 aliphatic carbocycles. The first-order valence-corrected chi connectivity index (χ1v) is 16.4. The summed E-state index contributed by atoms with van der Waals surface area (Å²) in [5.41, 5.74) is 8.81. The number of benzene rings is 5. The second-order valence-corrected chi connectivity index (χ2v) is 12.0. The Bertz CT molecular complexity index is 2290. The van der Waals surface area contributed by atoms with Gasteiger partial charge in [0.25, 0.3) is 0 Å². The van der Waals surface area contributed by atoms with Crippen LogP contribution in [0.3, 0.4) is 0 Å². The molecule has 48 heavy (non-hydrogen) atoms. The van der Waals surface area contributed by atoms with Gasteiger partial charge in [0.15, 0.2) is 0 Å². The maximum atomic E-state index is 8.93. The second-order valence-electron chi connectivity index (χ2n) is 12.0. The van der Waals surface area contributed by atoms with E-state index in [0.717, 1.165) is 92.2 Å². The summed E-state index contributed by atoms with van der Waals surface area (Å²) in [6.45, 7) is 0. The van der Waals surface area contributed by atoms with Crippen LogP contribution >= 0.6 is 0 Å². The normalized spacial score (nSPS) is 14.1. The van der Waals surface area contributed by atoms with Crippen molar-refractivity contribution < 1.29 is 25.9 Å². The van der Waals surface area contributed by atoms with Gasteiger partial charge in [0.1, 0.15) is 5.58 Å². The van der Waals surface area contributed by atoms with E-state index < -0.39 is 5.89 Å². The molecule has 1 radical (unpaired) electrons. The minimum atomic E-state index is -0.434. The van der Waals surface area contributed by atoms with Crippen LogP contribution in [0.25, 0.3) is 66.4 Å². The third-order valence-electron chi connectivity index (χ3n) is 9.07. The summed E-state index contributed by atoms with van der Waals surface area (Å²) in [6, 6.07) is 49.6. The smallest absolute Gasteiger partial charge is 0.128 e. The van der Waals surface area contributed by atoms with E-state index >= 15 is 0 Å². The Kier molecular flexibility index (Phi) is 9.18. The molecule has 0 amide bonds. The van der Waals surface area contributed by atoms with Crippen LogP contribution in [0.5, 0.6) is 0 Å². The van der Waals surface area contributed by atoms with E-state index in [1.54, 1.807) is 6.20 Å². The summed E-state index contributed by atoms with van der Waals surface area (Å²) in [7, 11) is 0. The molecule has 3 aromatic heterocycles. The number of hydrogen-bond acceptors (Lipinski definition) is 3. The Morgan fingerprint density at radius 3 is 2.21 bits per heavy atom. The Hall–Kier alpha value is -4.89. The topological polar surface area (TPSA) is 38.9 Å². The predicted molar refractivity (Wildman–Crippen MR) is 193 cm³/mol. The minimum Gasteiger partial charge on any atom is -0.500 e. The number of nitrogens with zero attached hydrogens (tertiary/aromatic N) is 2. The van der Waals surface area contributed by atoms with Gasteiger partial charge >= 0.3 is 0 Å². The third-order valence-corrected chi connectivity index (χ3v) is 9.07. The zero-order chi connectivity index (χ0) is 32.3. The first-order valence-electron chi connectivity index (χ1n) is 16.9. The molecule has 0 atom stereocenters. The monoisotopic (exact) mass is 800 g/mol. The van der Waals surface area contributed by atoms with Crippen LogP contribution in [0.15, 0.2) is 144 Å². The molecule has 8 aromatic rings. The van der Waals surface area contributed by atoms with Crippen molar-refractivity contribution in [2.45, 2.75) is 38.0 Å². The first-order chi connectivity index (χ1) is 23.7. The molecule has 1 aliphatic rings. The Balaban J connectivity index is 0.000000246. The molecular weight excluding hydrogens is 765 g/mol. The number of aromatic nitrogens is 2. The van der Waals surface area contributed by atoms with Crippen LogP contribution in [0.2, 0.25) is 0 Å². The second kappa shape index (κ2) is 14.5. The molecule has 4 heteroatoms. The van der Waals surface area contributed by atoms with E-state index in [1.165, 1.54) is 11.8 Å². The van der Waals surface area contributed by atoms with Gasteiger partial charge in [-0.2, -0.15) is 0 Å².